The van der Waals surface area contributed by atoms with E-state index >= 15 is 0 Å². The van der Waals surface area contributed by atoms with Crippen LogP contribution in [0, 0.1) is 5.92 Å². The van der Waals surface area contributed by atoms with Gasteiger partial charge in [0.05, 0.1) is 0 Å². The predicted molar refractivity (Wildman–Crippen MR) is 73.1 cm³/mol. The van der Waals surface area contributed by atoms with Gasteiger partial charge in [-0.3, -0.25) is 4.90 Å². The lowest BCUT2D eigenvalue weighted by atomic mass is 9.80. The number of nitrogens with two attached hydrogens (primary N) is 1. The first-order valence-electron chi connectivity index (χ1n) is 7.23. The third-order valence-electron chi connectivity index (χ3n) is 4.89. The van der Waals surface area contributed by atoms with Crippen LogP contribution in [0.1, 0.15) is 39.5 Å². The Kier molecular flexibility index (Phi) is 4.11. The van der Waals surface area contributed by atoms with E-state index in [1.807, 2.05) is 0 Å². The summed E-state index contributed by atoms with van der Waals surface area (Å²) >= 11 is 0. The van der Waals surface area contributed by atoms with E-state index in [9.17, 15) is 0 Å². The number of hydrogen-bond acceptors (Lipinski definition) is 3. The van der Waals surface area contributed by atoms with Crippen molar-refractivity contribution in [2.75, 3.05) is 33.2 Å². The van der Waals surface area contributed by atoms with Crippen LogP contribution in [0.4, 0.5) is 0 Å². The van der Waals surface area contributed by atoms with Gasteiger partial charge >= 0.3 is 0 Å². The predicted octanol–water partition coefficient (Wildman–Crippen LogP) is 1.53. The minimum Gasteiger partial charge on any atom is -0.323 e. The molecule has 0 amide bonds. The molecule has 0 aromatic carbocycles. The second-order valence-corrected chi connectivity index (χ2v) is 6.52. The van der Waals surface area contributed by atoms with Crippen LogP contribution in [-0.4, -0.2) is 54.6 Å². The van der Waals surface area contributed by atoms with E-state index in [0.717, 1.165) is 19.1 Å². The molecule has 0 radical (unpaired) electrons. The normalized spacial score (nSPS) is 30.5. The van der Waals surface area contributed by atoms with Gasteiger partial charge in [-0.25, -0.2) is 0 Å². The third-order valence-corrected chi connectivity index (χ3v) is 4.89. The smallest absolute Gasteiger partial charge is 0.0435 e. The fourth-order valence-electron chi connectivity index (χ4n) is 3.15. The van der Waals surface area contributed by atoms with Gasteiger partial charge in [0.15, 0.2) is 0 Å². The zero-order valence-electron chi connectivity index (χ0n) is 11.8. The third kappa shape index (κ3) is 3.01. The molecule has 2 saturated heterocycles. The molecule has 2 heterocycles. The van der Waals surface area contributed by atoms with Crippen LogP contribution >= 0.6 is 0 Å². The van der Waals surface area contributed by atoms with Gasteiger partial charge in [-0.2, -0.15) is 0 Å². The summed E-state index contributed by atoms with van der Waals surface area (Å²) in [7, 11) is 2.28. The first-order chi connectivity index (χ1) is 8.01. The van der Waals surface area contributed by atoms with Crippen LogP contribution in [0.5, 0.6) is 0 Å². The van der Waals surface area contributed by atoms with Gasteiger partial charge in [0.1, 0.15) is 0 Å². The molecular weight excluding hydrogens is 210 g/mol. The summed E-state index contributed by atoms with van der Waals surface area (Å²) in [6, 6.07) is 0.815. The maximum absolute atomic E-state index is 6.32. The molecule has 3 heteroatoms. The fraction of sp³-hybridized carbons (Fsp3) is 1.00. The summed E-state index contributed by atoms with van der Waals surface area (Å²) in [5.74, 6) is 0.608. The summed E-state index contributed by atoms with van der Waals surface area (Å²) in [5, 5.41) is 0. The Balaban J connectivity index is 1.67. The van der Waals surface area contributed by atoms with Crippen LogP contribution in [0.3, 0.4) is 0 Å². The number of nitrogens with zero attached hydrogens (tertiary/aromatic N) is 2. The highest BCUT2D eigenvalue weighted by atomic mass is 15.3. The highest BCUT2D eigenvalue weighted by Crippen LogP contribution is 2.27. The van der Waals surface area contributed by atoms with Crippen molar-refractivity contribution in [1.82, 2.24) is 9.80 Å². The van der Waals surface area contributed by atoms with Gasteiger partial charge in [-0.15, -0.1) is 0 Å². The Hall–Kier alpha value is -0.120. The minimum atomic E-state index is 0.0957. The molecule has 2 aliphatic heterocycles. The largest absolute Gasteiger partial charge is 0.323 e. The molecule has 0 bridgehead atoms. The zero-order chi connectivity index (χ0) is 12.5. The molecule has 2 N–H and O–H groups in total. The highest BCUT2D eigenvalue weighted by Gasteiger charge is 2.41. The van der Waals surface area contributed by atoms with Crippen LogP contribution in [0.25, 0.3) is 0 Å². The summed E-state index contributed by atoms with van der Waals surface area (Å²) in [6.45, 7) is 9.21. The average molecular weight is 239 g/mol. The van der Waals surface area contributed by atoms with Crippen LogP contribution in [0.15, 0.2) is 0 Å². The molecule has 2 rings (SSSR count). The van der Waals surface area contributed by atoms with Crippen LogP contribution < -0.4 is 5.73 Å². The van der Waals surface area contributed by atoms with Crippen LogP contribution in [0.2, 0.25) is 0 Å². The number of rotatable bonds is 4. The molecule has 1 atom stereocenters. The van der Waals surface area contributed by atoms with E-state index in [1.165, 1.54) is 38.8 Å². The monoisotopic (exact) mass is 239 g/mol. The van der Waals surface area contributed by atoms with Crippen molar-refractivity contribution in [3.63, 3.8) is 0 Å². The number of likely N-dealkylation sites (tertiary alicyclic amines) is 2. The SMILES string of the molecule is CC(C)C1(N)CN(CCC2CCCCN2C)C1. The molecule has 2 fully saturated rings. The molecule has 0 spiro atoms. The van der Waals surface area contributed by atoms with E-state index in [-0.39, 0.29) is 5.54 Å². The van der Waals surface area contributed by atoms with Gasteiger partial charge in [-0.1, -0.05) is 20.3 Å². The minimum absolute atomic E-state index is 0.0957. The van der Waals surface area contributed by atoms with Gasteiger partial charge < -0.3 is 10.6 Å². The summed E-state index contributed by atoms with van der Waals surface area (Å²) in [6.07, 6.45) is 5.52. The lowest BCUT2D eigenvalue weighted by Gasteiger charge is -2.51. The number of hydrogen-bond donors (Lipinski definition) is 1. The van der Waals surface area contributed by atoms with Crippen molar-refractivity contribution >= 4 is 0 Å². The van der Waals surface area contributed by atoms with Gasteiger partial charge in [0.25, 0.3) is 0 Å². The molecule has 2 aliphatic rings. The Morgan fingerprint density at radius 2 is 2.00 bits per heavy atom. The molecule has 0 aliphatic carbocycles. The second-order valence-electron chi connectivity index (χ2n) is 6.52. The first-order valence-corrected chi connectivity index (χ1v) is 7.23. The Morgan fingerprint density at radius 3 is 2.59 bits per heavy atom. The maximum atomic E-state index is 6.32. The Morgan fingerprint density at radius 1 is 1.29 bits per heavy atom. The quantitative estimate of drug-likeness (QED) is 0.807. The molecule has 17 heavy (non-hydrogen) atoms. The van der Waals surface area contributed by atoms with Crippen molar-refractivity contribution in [3.05, 3.63) is 0 Å². The van der Waals surface area contributed by atoms with Crippen molar-refractivity contribution in [2.24, 2.45) is 11.7 Å². The van der Waals surface area contributed by atoms with E-state index in [2.05, 4.69) is 30.7 Å². The summed E-state index contributed by atoms with van der Waals surface area (Å²) in [4.78, 5) is 5.07. The van der Waals surface area contributed by atoms with Gasteiger partial charge in [0, 0.05) is 24.7 Å². The Bertz CT molecular complexity index is 246. The van der Waals surface area contributed by atoms with E-state index in [1.54, 1.807) is 0 Å². The van der Waals surface area contributed by atoms with Gasteiger partial charge in [-0.05, 0) is 45.3 Å². The highest BCUT2D eigenvalue weighted by molar-refractivity contribution is 5.02. The Labute approximate surface area is 106 Å². The molecular formula is C14H29N3. The lowest BCUT2D eigenvalue weighted by molar-refractivity contribution is 0.0283. The summed E-state index contributed by atoms with van der Waals surface area (Å²) in [5.41, 5.74) is 6.42. The number of piperidine rings is 1. The molecule has 3 nitrogen and oxygen atoms in total. The van der Waals surface area contributed by atoms with Crippen molar-refractivity contribution < 1.29 is 0 Å². The topological polar surface area (TPSA) is 32.5 Å². The van der Waals surface area contributed by atoms with E-state index in [0.29, 0.717) is 5.92 Å². The van der Waals surface area contributed by atoms with Crippen molar-refractivity contribution in [1.29, 1.82) is 0 Å². The molecule has 0 aromatic rings. The van der Waals surface area contributed by atoms with Gasteiger partial charge in [0.2, 0.25) is 0 Å². The van der Waals surface area contributed by atoms with Crippen molar-refractivity contribution in [2.45, 2.75) is 51.1 Å². The molecule has 1 unspecified atom stereocenters. The molecule has 0 saturated carbocycles. The fourth-order valence-corrected chi connectivity index (χ4v) is 3.15. The van der Waals surface area contributed by atoms with Crippen molar-refractivity contribution in [3.8, 4) is 0 Å². The molecule has 100 valence electrons. The zero-order valence-corrected chi connectivity index (χ0v) is 11.8. The summed E-state index contributed by atoms with van der Waals surface area (Å²) < 4.78 is 0. The van der Waals surface area contributed by atoms with E-state index in [4.69, 9.17) is 5.73 Å². The standard InChI is InChI=1S/C14H29N3/c1-12(2)14(15)10-17(11-14)9-7-13-6-4-5-8-16(13)3/h12-13H,4-11,15H2,1-3H3. The molecule has 0 aromatic heterocycles. The first kappa shape index (κ1) is 13.3. The van der Waals surface area contributed by atoms with Crippen LogP contribution in [-0.2, 0) is 0 Å². The maximum Gasteiger partial charge on any atom is 0.0435 e. The lowest BCUT2D eigenvalue weighted by Crippen LogP contribution is -2.70. The van der Waals surface area contributed by atoms with E-state index < -0.39 is 0 Å². The average Bonchev–Trinajstić information content (AvgIpc) is 2.24. The second kappa shape index (κ2) is 5.25.